The summed E-state index contributed by atoms with van der Waals surface area (Å²) in [4.78, 5) is 20.3. The highest BCUT2D eigenvalue weighted by Crippen LogP contribution is 2.22. The van der Waals surface area contributed by atoms with Crippen molar-refractivity contribution in [3.8, 4) is 0 Å². The van der Waals surface area contributed by atoms with Crippen molar-refractivity contribution in [2.75, 3.05) is 0 Å². The highest BCUT2D eigenvalue weighted by molar-refractivity contribution is 6.36. The molecular formula is C13H10Cl2N2O. The van der Waals surface area contributed by atoms with Crippen LogP contribution in [0.5, 0.6) is 0 Å². The van der Waals surface area contributed by atoms with Crippen molar-refractivity contribution in [3.05, 3.63) is 57.6 Å². The fraction of sp³-hybridized carbons (Fsp3) is 0.154. The van der Waals surface area contributed by atoms with E-state index in [1.807, 2.05) is 6.92 Å². The summed E-state index contributed by atoms with van der Waals surface area (Å²) in [5.74, 6) is -0.102. The third kappa shape index (κ3) is 3.06. The molecule has 1 aromatic heterocycles. The van der Waals surface area contributed by atoms with Crippen LogP contribution in [0.1, 0.15) is 21.7 Å². The number of rotatable bonds is 3. The second-order valence-electron chi connectivity index (χ2n) is 3.87. The molecule has 0 saturated carbocycles. The van der Waals surface area contributed by atoms with Crippen molar-refractivity contribution in [1.82, 2.24) is 9.97 Å². The maximum atomic E-state index is 12.0. The molecule has 0 aliphatic carbocycles. The Morgan fingerprint density at radius 1 is 1.22 bits per heavy atom. The fourth-order valence-electron chi connectivity index (χ4n) is 1.49. The number of carbonyl (C=O) groups excluding carboxylic acids is 1. The van der Waals surface area contributed by atoms with Crippen LogP contribution in [0.2, 0.25) is 10.0 Å². The predicted molar refractivity (Wildman–Crippen MR) is 71.3 cm³/mol. The number of benzene rings is 1. The Labute approximate surface area is 115 Å². The van der Waals surface area contributed by atoms with Crippen LogP contribution in [0.3, 0.4) is 0 Å². The normalized spacial score (nSPS) is 10.4. The Bertz CT molecular complexity index is 582. The quantitative estimate of drug-likeness (QED) is 0.808. The van der Waals surface area contributed by atoms with Crippen LogP contribution in [0.4, 0.5) is 0 Å². The average Bonchev–Trinajstić information content (AvgIpc) is 2.32. The minimum atomic E-state index is -0.102. The minimum Gasteiger partial charge on any atom is -0.294 e. The second-order valence-corrected chi connectivity index (χ2v) is 4.72. The molecule has 0 spiro atoms. The summed E-state index contributed by atoms with van der Waals surface area (Å²) in [6.45, 7) is 1.84. The zero-order valence-electron chi connectivity index (χ0n) is 9.65. The van der Waals surface area contributed by atoms with E-state index in [9.17, 15) is 4.79 Å². The first kappa shape index (κ1) is 13.0. The van der Waals surface area contributed by atoms with E-state index in [-0.39, 0.29) is 12.2 Å². The Kier molecular flexibility index (Phi) is 3.94. The van der Waals surface area contributed by atoms with Crippen LogP contribution in [-0.4, -0.2) is 15.8 Å². The summed E-state index contributed by atoms with van der Waals surface area (Å²) in [6.07, 6.45) is 3.40. The lowest BCUT2D eigenvalue weighted by atomic mass is 10.1. The SMILES string of the molecule is Cc1cnc(CC(=O)c2ccc(Cl)cc2Cl)cn1. The summed E-state index contributed by atoms with van der Waals surface area (Å²) in [5, 5.41) is 0.860. The van der Waals surface area contributed by atoms with Crippen LogP contribution < -0.4 is 0 Å². The Morgan fingerprint density at radius 2 is 2.00 bits per heavy atom. The van der Waals surface area contributed by atoms with E-state index >= 15 is 0 Å². The first-order valence-electron chi connectivity index (χ1n) is 5.32. The van der Waals surface area contributed by atoms with Gasteiger partial charge < -0.3 is 0 Å². The van der Waals surface area contributed by atoms with Crippen LogP contribution in [0.15, 0.2) is 30.6 Å². The molecule has 3 nitrogen and oxygen atoms in total. The van der Waals surface area contributed by atoms with Gasteiger partial charge in [-0.25, -0.2) is 0 Å². The summed E-state index contributed by atoms with van der Waals surface area (Å²) in [6, 6.07) is 4.81. The molecule has 1 aromatic carbocycles. The van der Waals surface area contributed by atoms with Gasteiger partial charge >= 0.3 is 0 Å². The maximum Gasteiger partial charge on any atom is 0.170 e. The van der Waals surface area contributed by atoms with E-state index in [0.717, 1.165) is 5.69 Å². The summed E-state index contributed by atoms with van der Waals surface area (Å²) in [7, 11) is 0. The number of halogens is 2. The van der Waals surface area contributed by atoms with Gasteiger partial charge in [0.05, 0.1) is 22.8 Å². The molecule has 0 bridgehead atoms. The van der Waals surface area contributed by atoms with Gasteiger partial charge in [-0.3, -0.25) is 14.8 Å². The standard InChI is InChI=1S/C13H10Cl2N2O/c1-8-6-17-10(7-16-8)5-13(18)11-3-2-9(14)4-12(11)15/h2-4,6-7H,5H2,1H3. The van der Waals surface area contributed by atoms with Gasteiger partial charge in [0.25, 0.3) is 0 Å². The van der Waals surface area contributed by atoms with E-state index in [1.54, 1.807) is 30.6 Å². The molecule has 0 aliphatic heterocycles. The van der Waals surface area contributed by atoms with Gasteiger partial charge in [0, 0.05) is 23.0 Å². The molecule has 5 heteroatoms. The van der Waals surface area contributed by atoms with Crippen molar-refractivity contribution in [3.63, 3.8) is 0 Å². The number of nitrogens with zero attached hydrogens (tertiary/aromatic N) is 2. The number of hydrogen-bond acceptors (Lipinski definition) is 3. The molecule has 0 unspecified atom stereocenters. The molecule has 0 atom stereocenters. The molecule has 0 N–H and O–H groups in total. The van der Waals surface area contributed by atoms with Crippen LogP contribution in [0.25, 0.3) is 0 Å². The summed E-state index contributed by atoms with van der Waals surface area (Å²) in [5.41, 5.74) is 1.88. The van der Waals surface area contributed by atoms with Crippen LogP contribution in [-0.2, 0) is 6.42 Å². The molecule has 2 aromatic rings. The number of carbonyl (C=O) groups is 1. The topological polar surface area (TPSA) is 42.9 Å². The number of Topliss-reactive ketones (excluding diaryl/α,β-unsaturated/α-hetero) is 1. The van der Waals surface area contributed by atoms with Gasteiger partial charge in [-0.05, 0) is 25.1 Å². The van der Waals surface area contributed by atoms with E-state index in [1.165, 1.54) is 0 Å². The van der Waals surface area contributed by atoms with Crippen molar-refractivity contribution < 1.29 is 4.79 Å². The molecule has 0 amide bonds. The third-order valence-corrected chi connectivity index (χ3v) is 2.96. The van der Waals surface area contributed by atoms with Crippen molar-refractivity contribution in [1.29, 1.82) is 0 Å². The predicted octanol–water partition coefficient (Wildman–Crippen LogP) is 3.52. The molecular weight excluding hydrogens is 271 g/mol. The fourth-order valence-corrected chi connectivity index (χ4v) is 2.00. The molecule has 0 saturated heterocycles. The van der Waals surface area contributed by atoms with Crippen LogP contribution in [0, 0.1) is 6.92 Å². The first-order valence-corrected chi connectivity index (χ1v) is 6.07. The summed E-state index contributed by atoms with van der Waals surface area (Å²) < 4.78 is 0. The number of aryl methyl sites for hydroxylation is 1. The number of hydrogen-bond donors (Lipinski definition) is 0. The van der Waals surface area contributed by atoms with Crippen molar-refractivity contribution in [2.45, 2.75) is 13.3 Å². The van der Waals surface area contributed by atoms with Gasteiger partial charge in [-0.15, -0.1) is 0 Å². The van der Waals surface area contributed by atoms with Crippen LogP contribution >= 0.6 is 23.2 Å². The van der Waals surface area contributed by atoms with Gasteiger partial charge in [0.1, 0.15) is 0 Å². The third-order valence-electron chi connectivity index (χ3n) is 2.41. The molecule has 2 rings (SSSR count). The van der Waals surface area contributed by atoms with Gasteiger partial charge in [-0.2, -0.15) is 0 Å². The molecule has 0 radical (unpaired) electrons. The Hall–Kier alpha value is -1.45. The van der Waals surface area contributed by atoms with Crippen molar-refractivity contribution >= 4 is 29.0 Å². The van der Waals surface area contributed by atoms with E-state index in [0.29, 0.717) is 21.3 Å². The Balaban J connectivity index is 2.19. The largest absolute Gasteiger partial charge is 0.294 e. The molecule has 18 heavy (non-hydrogen) atoms. The Morgan fingerprint density at radius 3 is 2.61 bits per heavy atom. The zero-order valence-corrected chi connectivity index (χ0v) is 11.2. The lowest BCUT2D eigenvalue weighted by Crippen LogP contribution is -2.06. The van der Waals surface area contributed by atoms with Crippen molar-refractivity contribution in [2.24, 2.45) is 0 Å². The van der Waals surface area contributed by atoms with E-state index in [2.05, 4.69) is 9.97 Å². The van der Waals surface area contributed by atoms with E-state index in [4.69, 9.17) is 23.2 Å². The maximum absolute atomic E-state index is 12.0. The first-order chi connectivity index (χ1) is 8.56. The van der Waals surface area contributed by atoms with E-state index < -0.39 is 0 Å². The van der Waals surface area contributed by atoms with Gasteiger partial charge in [0.15, 0.2) is 5.78 Å². The zero-order chi connectivity index (χ0) is 13.1. The monoisotopic (exact) mass is 280 g/mol. The van der Waals surface area contributed by atoms with Gasteiger partial charge in [-0.1, -0.05) is 23.2 Å². The molecule has 0 aliphatic rings. The molecule has 0 fully saturated rings. The number of aromatic nitrogens is 2. The minimum absolute atomic E-state index is 0.102. The smallest absolute Gasteiger partial charge is 0.170 e. The molecule has 1 heterocycles. The van der Waals surface area contributed by atoms with Gasteiger partial charge in [0.2, 0.25) is 0 Å². The lowest BCUT2D eigenvalue weighted by molar-refractivity contribution is 0.0992. The lowest BCUT2D eigenvalue weighted by Gasteiger charge is -2.04. The molecule has 92 valence electrons. The number of ketones is 1. The second kappa shape index (κ2) is 5.46. The highest BCUT2D eigenvalue weighted by Gasteiger charge is 2.12. The average molecular weight is 281 g/mol. The highest BCUT2D eigenvalue weighted by atomic mass is 35.5. The summed E-state index contributed by atoms with van der Waals surface area (Å²) >= 11 is 11.8.